The van der Waals surface area contributed by atoms with E-state index in [-0.39, 0.29) is 12.5 Å². The molecule has 3 amide bonds. The van der Waals surface area contributed by atoms with Crippen LogP contribution < -0.4 is 4.74 Å². The molecule has 4 rings (SSSR count). The summed E-state index contributed by atoms with van der Waals surface area (Å²) in [5.74, 6) is 0.0715. The Balaban J connectivity index is 1.43. The highest BCUT2D eigenvalue weighted by molar-refractivity contribution is 9.10. The summed E-state index contributed by atoms with van der Waals surface area (Å²) < 4.78 is 6.42. The van der Waals surface area contributed by atoms with Crippen molar-refractivity contribution in [1.29, 1.82) is 0 Å². The molecule has 0 unspecified atom stereocenters. The molecule has 0 saturated carbocycles. The molecule has 2 aliphatic rings. The molecule has 0 spiro atoms. The van der Waals surface area contributed by atoms with Crippen LogP contribution in [0.15, 0.2) is 51.8 Å². The number of hydrogen-bond acceptors (Lipinski definition) is 5. The van der Waals surface area contributed by atoms with Gasteiger partial charge in [0.1, 0.15) is 12.3 Å². The first-order chi connectivity index (χ1) is 15.5. The molecular weight excluding hydrogens is 492 g/mol. The number of benzene rings is 2. The van der Waals surface area contributed by atoms with Crippen LogP contribution in [0.25, 0.3) is 6.08 Å². The second kappa shape index (κ2) is 9.92. The summed E-state index contributed by atoms with van der Waals surface area (Å²) in [5, 5.41) is -0.422. The normalized spacial score (nSPS) is 17.1. The van der Waals surface area contributed by atoms with Gasteiger partial charge in [0, 0.05) is 13.1 Å². The Hall–Kier alpha value is -2.58. The third-order valence-corrected chi connectivity index (χ3v) is 6.89. The molecule has 0 aromatic heterocycles. The van der Waals surface area contributed by atoms with E-state index in [1.807, 2.05) is 43.3 Å². The minimum Gasteiger partial charge on any atom is -0.492 e. The van der Waals surface area contributed by atoms with Gasteiger partial charge in [-0.15, -0.1) is 0 Å². The SMILES string of the molecule is CCCOc1ccc(/C=C2\SC(=O)N(CC(=O)N3CCc4ccccc4C3)C2=O)cc1Br. The molecule has 0 aliphatic carbocycles. The summed E-state index contributed by atoms with van der Waals surface area (Å²) in [5.41, 5.74) is 3.12. The van der Waals surface area contributed by atoms with Crippen molar-refractivity contribution < 1.29 is 19.1 Å². The van der Waals surface area contributed by atoms with E-state index in [2.05, 4.69) is 22.0 Å². The fourth-order valence-corrected chi connectivity index (χ4v) is 5.02. The lowest BCUT2D eigenvalue weighted by Crippen LogP contribution is -2.44. The average molecular weight is 515 g/mol. The highest BCUT2D eigenvalue weighted by Crippen LogP contribution is 2.34. The molecule has 0 bridgehead atoms. The summed E-state index contributed by atoms with van der Waals surface area (Å²) in [6.45, 7) is 3.50. The first kappa shape index (κ1) is 22.6. The van der Waals surface area contributed by atoms with Crippen LogP contribution in [0, 0.1) is 0 Å². The van der Waals surface area contributed by atoms with Gasteiger partial charge in [0.25, 0.3) is 11.1 Å². The van der Waals surface area contributed by atoms with Crippen LogP contribution in [0.2, 0.25) is 0 Å². The first-order valence-corrected chi connectivity index (χ1v) is 12.1. The van der Waals surface area contributed by atoms with Crippen LogP contribution in [0.4, 0.5) is 4.79 Å². The largest absolute Gasteiger partial charge is 0.492 e. The number of imide groups is 1. The van der Waals surface area contributed by atoms with Crippen LogP contribution >= 0.6 is 27.7 Å². The zero-order valence-corrected chi connectivity index (χ0v) is 20.1. The quantitative estimate of drug-likeness (QED) is 0.515. The fraction of sp³-hybridized carbons (Fsp3) is 0.292. The van der Waals surface area contributed by atoms with E-state index in [0.717, 1.165) is 50.9 Å². The van der Waals surface area contributed by atoms with E-state index in [9.17, 15) is 14.4 Å². The van der Waals surface area contributed by atoms with Crippen molar-refractivity contribution in [1.82, 2.24) is 9.80 Å². The van der Waals surface area contributed by atoms with E-state index in [0.29, 0.717) is 24.6 Å². The molecule has 2 heterocycles. The molecule has 0 atom stereocenters. The minimum absolute atomic E-state index is 0.219. The highest BCUT2D eigenvalue weighted by Gasteiger charge is 2.37. The third kappa shape index (κ3) is 4.91. The minimum atomic E-state index is -0.437. The van der Waals surface area contributed by atoms with Gasteiger partial charge in [0.15, 0.2) is 0 Å². The summed E-state index contributed by atoms with van der Waals surface area (Å²) in [7, 11) is 0. The van der Waals surface area contributed by atoms with E-state index < -0.39 is 11.1 Å². The number of halogens is 1. The monoisotopic (exact) mass is 514 g/mol. The molecule has 8 heteroatoms. The molecular formula is C24H23BrN2O4S. The first-order valence-electron chi connectivity index (χ1n) is 10.5. The van der Waals surface area contributed by atoms with Crippen molar-refractivity contribution >= 4 is 50.8 Å². The van der Waals surface area contributed by atoms with E-state index in [1.54, 1.807) is 11.0 Å². The van der Waals surface area contributed by atoms with Gasteiger partial charge in [0.2, 0.25) is 5.91 Å². The number of amides is 3. The number of carbonyl (C=O) groups is 3. The predicted octanol–water partition coefficient (Wildman–Crippen LogP) is 4.86. The van der Waals surface area contributed by atoms with Crippen LogP contribution in [0.3, 0.4) is 0 Å². The van der Waals surface area contributed by atoms with Crippen LogP contribution in [-0.2, 0) is 22.6 Å². The Bertz CT molecular complexity index is 1100. The standard InChI is InChI=1S/C24H23BrN2O4S/c1-2-11-31-20-8-7-16(12-19(20)25)13-21-23(29)27(24(30)32-21)15-22(28)26-10-9-17-5-3-4-6-18(17)14-26/h3-8,12-13H,2,9-11,14-15H2,1H3/b21-13-. The Morgan fingerprint density at radius 2 is 1.97 bits per heavy atom. The number of nitrogens with zero attached hydrogens (tertiary/aromatic N) is 2. The molecule has 6 nitrogen and oxygen atoms in total. The second-order valence-corrected chi connectivity index (χ2v) is 9.49. The maximum atomic E-state index is 12.8. The number of carbonyl (C=O) groups excluding carboxylic acids is 3. The molecule has 1 fully saturated rings. The van der Waals surface area contributed by atoms with Crippen molar-refractivity contribution in [2.24, 2.45) is 0 Å². The smallest absolute Gasteiger partial charge is 0.294 e. The summed E-state index contributed by atoms with van der Waals surface area (Å²) in [6, 6.07) is 13.5. The Morgan fingerprint density at radius 1 is 1.19 bits per heavy atom. The lowest BCUT2D eigenvalue weighted by Gasteiger charge is -2.29. The Kier molecular flexibility index (Phi) is 7.01. The molecule has 2 aromatic rings. The zero-order chi connectivity index (χ0) is 22.7. The number of rotatable bonds is 6. The van der Waals surface area contributed by atoms with E-state index >= 15 is 0 Å². The molecule has 0 radical (unpaired) electrons. The molecule has 0 N–H and O–H groups in total. The zero-order valence-electron chi connectivity index (χ0n) is 17.7. The number of ether oxygens (including phenoxy) is 1. The fourth-order valence-electron chi connectivity index (χ4n) is 3.67. The van der Waals surface area contributed by atoms with Crippen molar-refractivity contribution in [3.05, 3.63) is 68.5 Å². The lowest BCUT2D eigenvalue weighted by molar-refractivity contribution is -0.136. The van der Waals surface area contributed by atoms with Gasteiger partial charge in [-0.05, 0) is 75.4 Å². The molecule has 2 aliphatic heterocycles. The van der Waals surface area contributed by atoms with Crippen LogP contribution in [0.5, 0.6) is 5.75 Å². The van der Waals surface area contributed by atoms with Gasteiger partial charge in [-0.2, -0.15) is 0 Å². The van der Waals surface area contributed by atoms with E-state index in [1.165, 1.54) is 5.56 Å². The summed E-state index contributed by atoms with van der Waals surface area (Å²) >= 11 is 4.34. The number of fused-ring (bicyclic) bond motifs is 1. The predicted molar refractivity (Wildman–Crippen MR) is 128 cm³/mol. The number of thioether (sulfide) groups is 1. The third-order valence-electron chi connectivity index (χ3n) is 5.37. The van der Waals surface area contributed by atoms with Gasteiger partial charge in [0.05, 0.1) is 16.0 Å². The summed E-state index contributed by atoms with van der Waals surface area (Å²) in [4.78, 5) is 41.2. The number of hydrogen-bond donors (Lipinski definition) is 0. The van der Waals surface area contributed by atoms with E-state index in [4.69, 9.17) is 4.74 Å². The topological polar surface area (TPSA) is 66.9 Å². The van der Waals surface area contributed by atoms with Crippen LogP contribution in [0.1, 0.15) is 30.0 Å². The van der Waals surface area contributed by atoms with Gasteiger partial charge in [-0.1, -0.05) is 37.3 Å². The summed E-state index contributed by atoms with van der Waals surface area (Å²) in [6.07, 6.45) is 3.35. The molecule has 2 aromatic carbocycles. The maximum absolute atomic E-state index is 12.8. The molecule has 1 saturated heterocycles. The van der Waals surface area contributed by atoms with Crippen molar-refractivity contribution in [3.63, 3.8) is 0 Å². The lowest BCUT2D eigenvalue weighted by atomic mass is 10.00. The van der Waals surface area contributed by atoms with Gasteiger partial charge in [-0.3, -0.25) is 19.3 Å². The Morgan fingerprint density at radius 3 is 2.72 bits per heavy atom. The Labute approximate surface area is 199 Å². The van der Waals surface area contributed by atoms with Crippen LogP contribution in [-0.4, -0.2) is 46.5 Å². The molecule has 166 valence electrons. The van der Waals surface area contributed by atoms with Gasteiger partial charge < -0.3 is 9.64 Å². The van der Waals surface area contributed by atoms with Crippen molar-refractivity contribution in [2.45, 2.75) is 26.3 Å². The molecule has 32 heavy (non-hydrogen) atoms. The van der Waals surface area contributed by atoms with Crippen molar-refractivity contribution in [2.75, 3.05) is 19.7 Å². The van der Waals surface area contributed by atoms with Crippen molar-refractivity contribution in [3.8, 4) is 5.75 Å². The van der Waals surface area contributed by atoms with Gasteiger partial charge in [-0.25, -0.2) is 0 Å². The second-order valence-electron chi connectivity index (χ2n) is 7.64. The highest BCUT2D eigenvalue weighted by atomic mass is 79.9. The average Bonchev–Trinajstić information content (AvgIpc) is 3.05. The maximum Gasteiger partial charge on any atom is 0.294 e. The van der Waals surface area contributed by atoms with Gasteiger partial charge >= 0.3 is 0 Å².